The van der Waals surface area contributed by atoms with Crippen LogP contribution in [0.3, 0.4) is 0 Å². The molecule has 0 saturated carbocycles. The van der Waals surface area contributed by atoms with E-state index in [0.717, 1.165) is 5.56 Å². The first-order chi connectivity index (χ1) is 7.91. The van der Waals surface area contributed by atoms with Gasteiger partial charge >= 0.3 is 0 Å². The zero-order valence-electron chi connectivity index (χ0n) is 10.1. The molecule has 0 aromatic carbocycles. The summed E-state index contributed by atoms with van der Waals surface area (Å²) in [5.74, 6) is 0.232. The van der Waals surface area contributed by atoms with Crippen LogP contribution in [0.4, 0.5) is 0 Å². The van der Waals surface area contributed by atoms with Crippen molar-refractivity contribution in [1.82, 2.24) is 4.72 Å². The summed E-state index contributed by atoms with van der Waals surface area (Å²) in [6.07, 6.45) is -0.198. The topological polar surface area (TPSA) is 66.4 Å². The van der Waals surface area contributed by atoms with Crippen LogP contribution in [0.1, 0.15) is 31.9 Å². The average molecular weight is 277 g/mol. The van der Waals surface area contributed by atoms with Gasteiger partial charge in [-0.3, -0.25) is 0 Å². The maximum absolute atomic E-state index is 11.5. The summed E-state index contributed by atoms with van der Waals surface area (Å²) in [4.78, 5) is 0. The number of aliphatic hydroxyl groups excluding tert-OH is 1. The molecule has 0 spiro atoms. The van der Waals surface area contributed by atoms with Crippen LogP contribution in [-0.4, -0.2) is 25.8 Å². The fourth-order valence-corrected chi connectivity index (χ4v) is 3.61. The number of sulfonamides is 1. The lowest BCUT2D eigenvalue weighted by atomic mass is 10.1. The number of hydrogen-bond acceptors (Lipinski definition) is 4. The molecule has 4 nitrogen and oxygen atoms in total. The molecule has 0 aliphatic carbocycles. The van der Waals surface area contributed by atoms with Crippen LogP contribution >= 0.6 is 11.3 Å². The smallest absolute Gasteiger partial charge is 0.211 e. The molecular formula is C11H19NO3S2. The maximum atomic E-state index is 11.5. The Bertz CT molecular complexity index is 412. The van der Waals surface area contributed by atoms with Gasteiger partial charge in [0, 0.05) is 6.54 Å². The van der Waals surface area contributed by atoms with E-state index in [-0.39, 0.29) is 18.2 Å². The van der Waals surface area contributed by atoms with E-state index in [1.54, 1.807) is 0 Å². The number of thiophene rings is 1. The second kappa shape index (κ2) is 6.49. The number of hydrogen-bond donors (Lipinski definition) is 2. The van der Waals surface area contributed by atoms with Crippen LogP contribution < -0.4 is 4.72 Å². The first kappa shape index (κ1) is 14.6. The molecule has 17 heavy (non-hydrogen) atoms. The van der Waals surface area contributed by atoms with E-state index < -0.39 is 16.1 Å². The third kappa shape index (κ3) is 5.63. The van der Waals surface area contributed by atoms with Gasteiger partial charge in [0.1, 0.15) is 0 Å². The van der Waals surface area contributed by atoms with Crippen molar-refractivity contribution in [2.75, 3.05) is 12.3 Å². The van der Waals surface area contributed by atoms with Gasteiger partial charge in [-0.25, -0.2) is 13.1 Å². The van der Waals surface area contributed by atoms with Crippen molar-refractivity contribution in [2.45, 2.75) is 26.4 Å². The summed E-state index contributed by atoms with van der Waals surface area (Å²) in [5.41, 5.74) is 0.845. The summed E-state index contributed by atoms with van der Waals surface area (Å²) >= 11 is 1.52. The van der Waals surface area contributed by atoms with Crippen LogP contribution in [0, 0.1) is 5.92 Å². The molecule has 0 aliphatic rings. The Labute approximate surface area is 107 Å². The summed E-state index contributed by atoms with van der Waals surface area (Å²) in [5, 5.41) is 13.5. The van der Waals surface area contributed by atoms with Gasteiger partial charge in [-0.15, -0.1) is 0 Å². The van der Waals surface area contributed by atoms with Crippen molar-refractivity contribution < 1.29 is 13.5 Å². The maximum Gasteiger partial charge on any atom is 0.211 e. The van der Waals surface area contributed by atoms with Crippen LogP contribution in [0.2, 0.25) is 0 Å². The largest absolute Gasteiger partial charge is 0.388 e. The van der Waals surface area contributed by atoms with E-state index in [9.17, 15) is 13.5 Å². The molecule has 98 valence electrons. The Morgan fingerprint density at radius 1 is 1.47 bits per heavy atom. The molecule has 1 unspecified atom stereocenters. The molecule has 2 N–H and O–H groups in total. The standard InChI is InChI=1S/C11H19NO3S2/c1-9(2)8-17(14,15)12-5-3-11(13)10-4-6-16-7-10/h4,6-7,9,11-13H,3,5,8H2,1-2H3. The van der Waals surface area contributed by atoms with Crippen molar-refractivity contribution in [2.24, 2.45) is 5.92 Å². The number of nitrogens with one attached hydrogen (secondary N) is 1. The monoisotopic (exact) mass is 277 g/mol. The molecule has 6 heteroatoms. The SMILES string of the molecule is CC(C)CS(=O)(=O)NCCC(O)c1ccsc1. The number of rotatable bonds is 7. The summed E-state index contributed by atoms with van der Waals surface area (Å²) in [6.45, 7) is 3.99. The summed E-state index contributed by atoms with van der Waals surface area (Å²) < 4.78 is 25.5. The van der Waals surface area contributed by atoms with Gasteiger partial charge in [-0.2, -0.15) is 11.3 Å². The summed E-state index contributed by atoms with van der Waals surface area (Å²) in [6, 6.07) is 1.85. The quantitative estimate of drug-likeness (QED) is 0.798. The van der Waals surface area contributed by atoms with E-state index in [4.69, 9.17) is 0 Å². The van der Waals surface area contributed by atoms with Gasteiger partial charge in [0.2, 0.25) is 10.0 Å². The van der Waals surface area contributed by atoms with Gasteiger partial charge in [0.25, 0.3) is 0 Å². The lowest BCUT2D eigenvalue weighted by Gasteiger charge is -2.11. The summed E-state index contributed by atoms with van der Waals surface area (Å²) in [7, 11) is -3.20. The Morgan fingerprint density at radius 3 is 2.71 bits per heavy atom. The first-order valence-corrected chi connectivity index (χ1v) is 8.17. The minimum atomic E-state index is -3.20. The Balaban J connectivity index is 2.33. The fraction of sp³-hybridized carbons (Fsp3) is 0.636. The predicted molar refractivity (Wildman–Crippen MR) is 70.5 cm³/mol. The zero-order chi connectivity index (χ0) is 12.9. The molecule has 1 heterocycles. The molecule has 1 aromatic heterocycles. The fourth-order valence-electron chi connectivity index (χ4n) is 1.48. The highest BCUT2D eigenvalue weighted by atomic mass is 32.2. The van der Waals surface area contributed by atoms with Gasteiger partial charge in [-0.1, -0.05) is 13.8 Å². The molecule has 1 aromatic rings. The highest BCUT2D eigenvalue weighted by Gasteiger charge is 2.13. The van der Waals surface area contributed by atoms with E-state index in [0.29, 0.717) is 6.42 Å². The van der Waals surface area contributed by atoms with Crippen molar-refractivity contribution in [3.63, 3.8) is 0 Å². The van der Waals surface area contributed by atoms with E-state index in [1.165, 1.54) is 11.3 Å². The van der Waals surface area contributed by atoms with E-state index >= 15 is 0 Å². The Hall–Kier alpha value is -0.430. The first-order valence-electron chi connectivity index (χ1n) is 5.58. The molecule has 0 amide bonds. The second-order valence-electron chi connectivity index (χ2n) is 4.43. The Morgan fingerprint density at radius 2 is 2.18 bits per heavy atom. The van der Waals surface area contributed by atoms with Crippen molar-refractivity contribution in [1.29, 1.82) is 0 Å². The molecule has 0 fully saturated rings. The Kier molecular flexibility index (Phi) is 5.58. The van der Waals surface area contributed by atoms with Gasteiger partial charge in [0.15, 0.2) is 0 Å². The van der Waals surface area contributed by atoms with Crippen LogP contribution in [0.25, 0.3) is 0 Å². The van der Waals surface area contributed by atoms with Crippen LogP contribution in [-0.2, 0) is 10.0 Å². The molecule has 1 rings (SSSR count). The van der Waals surface area contributed by atoms with Crippen molar-refractivity contribution in [3.8, 4) is 0 Å². The van der Waals surface area contributed by atoms with Gasteiger partial charge in [0.05, 0.1) is 11.9 Å². The number of aliphatic hydroxyl groups is 1. The van der Waals surface area contributed by atoms with Crippen LogP contribution in [0.15, 0.2) is 16.8 Å². The lowest BCUT2D eigenvalue weighted by Crippen LogP contribution is -2.30. The zero-order valence-corrected chi connectivity index (χ0v) is 11.7. The molecule has 0 radical (unpaired) electrons. The predicted octanol–water partition coefficient (Wildman–Crippen LogP) is 1.75. The second-order valence-corrected chi connectivity index (χ2v) is 7.06. The molecule has 0 bridgehead atoms. The van der Waals surface area contributed by atoms with Gasteiger partial charge in [-0.05, 0) is 34.7 Å². The van der Waals surface area contributed by atoms with Crippen molar-refractivity contribution in [3.05, 3.63) is 22.4 Å². The minimum absolute atomic E-state index is 0.106. The average Bonchev–Trinajstić information content (AvgIpc) is 2.67. The highest BCUT2D eigenvalue weighted by Crippen LogP contribution is 2.18. The highest BCUT2D eigenvalue weighted by molar-refractivity contribution is 7.89. The lowest BCUT2D eigenvalue weighted by molar-refractivity contribution is 0.169. The van der Waals surface area contributed by atoms with Crippen LogP contribution in [0.5, 0.6) is 0 Å². The van der Waals surface area contributed by atoms with E-state index in [1.807, 2.05) is 30.7 Å². The van der Waals surface area contributed by atoms with Crippen molar-refractivity contribution >= 4 is 21.4 Å². The third-order valence-electron chi connectivity index (χ3n) is 2.22. The molecule has 1 atom stereocenters. The molecular weight excluding hydrogens is 258 g/mol. The minimum Gasteiger partial charge on any atom is -0.388 e. The third-order valence-corrected chi connectivity index (χ3v) is 4.67. The van der Waals surface area contributed by atoms with E-state index in [2.05, 4.69) is 4.72 Å². The molecule has 0 aliphatic heterocycles. The molecule has 0 saturated heterocycles. The normalized spacial score (nSPS) is 14.1. The van der Waals surface area contributed by atoms with Gasteiger partial charge < -0.3 is 5.11 Å².